The van der Waals surface area contributed by atoms with Crippen LogP contribution in [0.15, 0.2) is 36.5 Å². The lowest BCUT2D eigenvalue weighted by Crippen LogP contribution is -2.53. The number of pyridine rings is 1. The quantitative estimate of drug-likeness (QED) is 0.316. The number of hydrogen-bond acceptors (Lipinski definition) is 4. The van der Waals surface area contributed by atoms with Crippen LogP contribution in [0.25, 0.3) is 33.6 Å². The van der Waals surface area contributed by atoms with Crippen LogP contribution in [0.5, 0.6) is 5.75 Å². The van der Waals surface area contributed by atoms with Crippen molar-refractivity contribution in [2.75, 3.05) is 13.7 Å². The van der Waals surface area contributed by atoms with E-state index in [-0.39, 0.29) is 5.91 Å². The summed E-state index contributed by atoms with van der Waals surface area (Å²) in [7, 11) is 1.73. The second-order valence-corrected chi connectivity index (χ2v) is 13.2. The summed E-state index contributed by atoms with van der Waals surface area (Å²) in [6.45, 7) is 4.21. The molecule has 4 aliphatic carbocycles. The van der Waals surface area contributed by atoms with Gasteiger partial charge in [-0.15, -0.1) is 0 Å². The van der Waals surface area contributed by atoms with Crippen LogP contribution in [0, 0.1) is 29.6 Å². The summed E-state index contributed by atoms with van der Waals surface area (Å²) in [6, 6.07) is 11.3. The van der Waals surface area contributed by atoms with Gasteiger partial charge in [0.25, 0.3) is 5.91 Å². The van der Waals surface area contributed by atoms with Crippen molar-refractivity contribution in [3.63, 3.8) is 0 Å². The summed E-state index contributed by atoms with van der Waals surface area (Å²) in [5, 5.41) is 1.15. The summed E-state index contributed by atoms with van der Waals surface area (Å²) >= 11 is 0. The average Bonchev–Trinajstić information content (AvgIpc) is 3.55. The molecule has 1 aliphatic heterocycles. The van der Waals surface area contributed by atoms with Crippen LogP contribution in [0.4, 0.5) is 0 Å². The molecule has 4 aromatic rings. The third-order valence-electron chi connectivity index (χ3n) is 10.7. The molecule has 5 fully saturated rings. The van der Waals surface area contributed by atoms with Gasteiger partial charge in [-0.05, 0) is 98.4 Å². The molecule has 4 atom stereocenters. The highest BCUT2D eigenvalue weighted by Crippen LogP contribution is 2.61. The second-order valence-electron chi connectivity index (χ2n) is 13.2. The molecule has 39 heavy (non-hydrogen) atoms. The van der Waals surface area contributed by atoms with E-state index in [1.54, 1.807) is 7.11 Å². The Morgan fingerprint density at radius 1 is 1.10 bits per heavy atom. The van der Waals surface area contributed by atoms with Crippen molar-refractivity contribution in [2.24, 2.45) is 29.6 Å². The van der Waals surface area contributed by atoms with Gasteiger partial charge >= 0.3 is 0 Å². The van der Waals surface area contributed by atoms with E-state index in [2.05, 4.69) is 33.1 Å². The van der Waals surface area contributed by atoms with Gasteiger partial charge in [0, 0.05) is 42.3 Å². The van der Waals surface area contributed by atoms with E-state index in [1.807, 2.05) is 24.4 Å². The molecule has 5 aliphatic rings. The molecule has 4 saturated carbocycles. The lowest BCUT2D eigenvalue weighted by Gasteiger charge is -2.52. The fourth-order valence-corrected chi connectivity index (χ4v) is 8.46. The first-order valence-corrected chi connectivity index (χ1v) is 14.9. The zero-order valence-corrected chi connectivity index (χ0v) is 22.7. The normalized spacial score (nSPS) is 30.7. The van der Waals surface area contributed by atoms with Crippen molar-refractivity contribution < 1.29 is 9.53 Å². The van der Waals surface area contributed by atoms with Crippen molar-refractivity contribution in [3.8, 4) is 17.3 Å². The van der Waals surface area contributed by atoms with Crippen molar-refractivity contribution in [3.05, 3.63) is 42.1 Å². The van der Waals surface area contributed by atoms with E-state index >= 15 is 0 Å². The SMILES string of the molecule is COc1cc(C(=O)N2C[C@H]3CC4C[C@@H]2[C@H]43)cc2nc(-c3cc4cccnc4n3CC3CC3)n(C3CC(C)C3)c12. The van der Waals surface area contributed by atoms with Crippen LogP contribution in [0.2, 0.25) is 0 Å². The molecule has 1 amide bonds. The number of likely N-dealkylation sites (tertiary alicyclic amines) is 1. The Balaban J connectivity index is 1.21. The smallest absolute Gasteiger partial charge is 0.254 e. The summed E-state index contributed by atoms with van der Waals surface area (Å²) in [4.78, 5) is 26.1. The van der Waals surface area contributed by atoms with E-state index in [1.165, 1.54) is 25.7 Å². The molecule has 3 aromatic heterocycles. The van der Waals surface area contributed by atoms with Crippen LogP contribution in [0.3, 0.4) is 0 Å². The maximum atomic E-state index is 13.8. The number of aromatic nitrogens is 4. The largest absolute Gasteiger partial charge is 0.494 e. The first kappa shape index (κ1) is 22.5. The molecular formula is C32H35N5O2. The number of carbonyl (C=O) groups is 1. The van der Waals surface area contributed by atoms with Gasteiger partial charge < -0.3 is 18.8 Å². The van der Waals surface area contributed by atoms with Crippen molar-refractivity contribution >= 4 is 28.0 Å². The average molecular weight is 522 g/mol. The molecule has 0 bridgehead atoms. The lowest BCUT2D eigenvalue weighted by atomic mass is 9.53. The molecule has 1 unspecified atom stereocenters. The predicted molar refractivity (Wildman–Crippen MR) is 150 cm³/mol. The summed E-state index contributed by atoms with van der Waals surface area (Å²) in [6.07, 6.45) is 9.20. The second kappa shape index (κ2) is 7.86. The van der Waals surface area contributed by atoms with Crippen molar-refractivity contribution in [1.82, 2.24) is 24.0 Å². The Bertz CT molecular complexity index is 1660. The molecule has 7 heteroatoms. The van der Waals surface area contributed by atoms with E-state index < -0.39 is 0 Å². The van der Waals surface area contributed by atoms with E-state index in [0.29, 0.717) is 29.5 Å². The predicted octanol–water partition coefficient (Wildman–Crippen LogP) is 5.92. The summed E-state index contributed by atoms with van der Waals surface area (Å²) in [5.74, 6) is 5.63. The van der Waals surface area contributed by atoms with Gasteiger partial charge in [0.2, 0.25) is 0 Å². The van der Waals surface area contributed by atoms with Crippen LogP contribution >= 0.6 is 0 Å². The number of benzene rings is 1. The fraction of sp³-hybridized carbons (Fsp3) is 0.531. The number of hydrogen-bond donors (Lipinski definition) is 0. The number of fused-ring (bicyclic) bond motifs is 2. The molecule has 1 aromatic carbocycles. The number of amides is 1. The Morgan fingerprint density at radius 2 is 1.97 bits per heavy atom. The first-order valence-electron chi connectivity index (χ1n) is 14.9. The Labute approximate surface area is 228 Å². The topological polar surface area (TPSA) is 65.2 Å². The van der Waals surface area contributed by atoms with Gasteiger partial charge in [0.1, 0.15) is 16.9 Å². The number of methoxy groups -OCH3 is 1. The number of carbonyl (C=O) groups excluding carboxylic acids is 1. The minimum atomic E-state index is 0.147. The van der Waals surface area contributed by atoms with Gasteiger partial charge in [-0.25, -0.2) is 9.97 Å². The van der Waals surface area contributed by atoms with Crippen LogP contribution in [0.1, 0.15) is 61.8 Å². The van der Waals surface area contributed by atoms with Gasteiger partial charge in [0.15, 0.2) is 5.82 Å². The van der Waals surface area contributed by atoms with Gasteiger partial charge in [0.05, 0.1) is 18.3 Å². The first-order chi connectivity index (χ1) is 19.1. The number of rotatable bonds is 6. The molecule has 0 radical (unpaired) electrons. The fourth-order valence-electron chi connectivity index (χ4n) is 8.46. The zero-order chi connectivity index (χ0) is 26.0. The molecule has 7 nitrogen and oxygen atoms in total. The number of ether oxygens (including phenoxy) is 1. The molecular weight excluding hydrogens is 486 g/mol. The van der Waals surface area contributed by atoms with E-state index in [4.69, 9.17) is 14.7 Å². The summed E-state index contributed by atoms with van der Waals surface area (Å²) < 4.78 is 10.8. The third kappa shape index (κ3) is 3.13. The van der Waals surface area contributed by atoms with E-state index in [0.717, 1.165) is 83.0 Å². The maximum Gasteiger partial charge on any atom is 0.254 e. The molecule has 0 N–H and O–H groups in total. The molecule has 200 valence electrons. The highest BCUT2D eigenvalue weighted by atomic mass is 16.5. The maximum absolute atomic E-state index is 13.8. The number of nitrogens with zero attached hydrogens (tertiary/aromatic N) is 5. The summed E-state index contributed by atoms with van der Waals surface area (Å²) in [5.41, 5.74) is 4.74. The minimum Gasteiger partial charge on any atom is -0.494 e. The number of imidazole rings is 1. The van der Waals surface area contributed by atoms with Gasteiger partial charge in [-0.2, -0.15) is 0 Å². The van der Waals surface area contributed by atoms with E-state index in [9.17, 15) is 4.79 Å². The van der Waals surface area contributed by atoms with Crippen LogP contribution in [-0.2, 0) is 6.54 Å². The minimum absolute atomic E-state index is 0.147. The Kier molecular flexibility index (Phi) is 4.53. The van der Waals surface area contributed by atoms with Gasteiger partial charge in [-0.3, -0.25) is 4.79 Å². The molecule has 9 rings (SSSR count). The molecule has 4 heterocycles. The standard InChI is InChI=1S/C32H35N5O2/c1-17-8-23(9-17)37-29-24(34-31(37)26-12-19-4-3-7-33-30(19)35(26)15-18-5-6-18)11-21(14-27(29)39-2)32(38)36-16-22-10-20-13-25(36)28(20)22/h3-4,7,11-12,14,17-18,20,22-23,25,28H,5-6,8-10,13,15-16H2,1-2H3/t17?,20?,22-,23?,25-,28-/m1/s1. The molecule has 1 saturated heterocycles. The lowest BCUT2D eigenvalue weighted by molar-refractivity contribution is -0.0204. The van der Waals surface area contributed by atoms with Crippen LogP contribution in [-0.4, -0.2) is 49.6 Å². The highest BCUT2D eigenvalue weighted by Gasteiger charge is 2.61. The van der Waals surface area contributed by atoms with Crippen LogP contribution < -0.4 is 4.74 Å². The molecule has 0 spiro atoms. The Morgan fingerprint density at radius 3 is 2.72 bits per heavy atom. The highest BCUT2D eigenvalue weighted by molar-refractivity contribution is 6.00. The van der Waals surface area contributed by atoms with Gasteiger partial charge in [-0.1, -0.05) is 6.92 Å². The van der Waals surface area contributed by atoms with Crippen molar-refractivity contribution in [2.45, 2.75) is 64.1 Å². The third-order valence-corrected chi connectivity index (χ3v) is 10.7. The Hall–Kier alpha value is -3.35. The zero-order valence-electron chi connectivity index (χ0n) is 22.7. The monoisotopic (exact) mass is 521 g/mol. The van der Waals surface area contributed by atoms with Crippen molar-refractivity contribution in [1.29, 1.82) is 0 Å².